The minimum atomic E-state index is -1.12. The molecule has 1 heterocycles. The molecule has 0 saturated carbocycles. The number of halogens is 1. The second kappa shape index (κ2) is 5.79. The van der Waals surface area contributed by atoms with E-state index in [4.69, 9.17) is 11.6 Å². The van der Waals surface area contributed by atoms with Gasteiger partial charge in [-0.25, -0.2) is 4.79 Å². The molecule has 1 amide bonds. The Hall–Kier alpha value is -2.37. The van der Waals surface area contributed by atoms with Gasteiger partial charge in [0.25, 0.3) is 5.91 Å². The molecule has 0 saturated heterocycles. The van der Waals surface area contributed by atoms with E-state index in [-0.39, 0.29) is 17.2 Å². The van der Waals surface area contributed by atoms with E-state index in [1.807, 2.05) is 24.3 Å². The molecule has 22 heavy (non-hydrogen) atoms. The molecule has 3 aromatic rings. The zero-order valence-electron chi connectivity index (χ0n) is 11.2. The largest absolute Gasteiger partial charge is 0.478 e. The maximum atomic E-state index is 12.4. The van der Waals surface area contributed by atoms with Crippen LogP contribution >= 0.6 is 22.9 Å². The summed E-state index contributed by atoms with van der Waals surface area (Å²) in [6.07, 6.45) is 0. The van der Waals surface area contributed by atoms with Crippen molar-refractivity contribution >= 4 is 50.6 Å². The summed E-state index contributed by atoms with van der Waals surface area (Å²) in [7, 11) is 0. The predicted molar refractivity (Wildman–Crippen MR) is 88.2 cm³/mol. The lowest BCUT2D eigenvalue weighted by Crippen LogP contribution is -2.14. The van der Waals surface area contributed by atoms with Crippen molar-refractivity contribution < 1.29 is 14.7 Å². The highest BCUT2D eigenvalue weighted by Gasteiger charge is 2.16. The number of fused-ring (bicyclic) bond motifs is 1. The SMILES string of the molecule is O=C(O)c1ccc(Cl)cc1NC(=O)c1csc2ccccc12. The Morgan fingerprint density at radius 1 is 1.09 bits per heavy atom. The number of rotatable bonds is 3. The predicted octanol–water partition coefficient (Wildman–Crippen LogP) is 4.51. The highest BCUT2D eigenvalue weighted by atomic mass is 35.5. The van der Waals surface area contributed by atoms with E-state index < -0.39 is 5.97 Å². The molecule has 2 aromatic carbocycles. The molecule has 0 aliphatic carbocycles. The van der Waals surface area contributed by atoms with E-state index in [1.165, 1.54) is 29.5 Å². The van der Waals surface area contributed by atoms with Gasteiger partial charge in [0.05, 0.1) is 16.8 Å². The number of carboxylic acid groups (broad SMARTS) is 1. The van der Waals surface area contributed by atoms with Crippen LogP contribution in [0.4, 0.5) is 5.69 Å². The van der Waals surface area contributed by atoms with Gasteiger partial charge in [0.1, 0.15) is 0 Å². The van der Waals surface area contributed by atoms with Gasteiger partial charge in [-0.1, -0.05) is 29.8 Å². The third-order valence-electron chi connectivity index (χ3n) is 3.19. The van der Waals surface area contributed by atoms with Crippen molar-refractivity contribution in [2.24, 2.45) is 0 Å². The van der Waals surface area contributed by atoms with Crippen molar-refractivity contribution in [1.29, 1.82) is 0 Å². The Balaban J connectivity index is 1.98. The zero-order valence-corrected chi connectivity index (χ0v) is 12.7. The van der Waals surface area contributed by atoms with Crippen LogP contribution in [-0.2, 0) is 0 Å². The molecule has 0 spiro atoms. The number of anilines is 1. The summed E-state index contributed by atoms with van der Waals surface area (Å²) in [4.78, 5) is 23.7. The number of hydrogen-bond acceptors (Lipinski definition) is 3. The van der Waals surface area contributed by atoms with Gasteiger partial charge in [-0.3, -0.25) is 4.79 Å². The summed E-state index contributed by atoms with van der Waals surface area (Å²) < 4.78 is 0.997. The Bertz CT molecular complexity index is 888. The third-order valence-corrected chi connectivity index (χ3v) is 4.38. The van der Waals surface area contributed by atoms with Crippen molar-refractivity contribution in [2.75, 3.05) is 5.32 Å². The van der Waals surface area contributed by atoms with Crippen molar-refractivity contribution in [2.45, 2.75) is 0 Å². The molecule has 3 rings (SSSR count). The molecule has 4 nitrogen and oxygen atoms in total. The minimum absolute atomic E-state index is 0.00251. The van der Waals surface area contributed by atoms with Crippen LogP contribution in [0.25, 0.3) is 10.1 Å². The lowest BCUT2D eigenvalue weighted by molar-refractivity contribution is 0.0698. The maximum absolute atomic E-state index is 12.4. The molecular weight excluding hydrogens is 322 g/mol. The quantitative estimate of drug-likeness (QED) is 0.742. The molecule has 0 fully saturated rings. The van der Waals surface area contributed by atoms with Crippen molar-refractivity contribution in [1.82, 2.24) is 0 Å². The lowest BCUT2D eigenvalue weighted by atomic mass is 10.1. The number of thiophene rings is 1. The molecule has 2 N–H and O–H groups in total. The molecule has 0 unspecified atom stereocenters. The van der Waals surface area contributed by atoms with Gasteiger partial charge >= 0.3 is 5.97 Å². The van der Waals surface area contributed by atoms with Gasteiger partial charge in [0, 0.05) is 20.5 Å². The first-order chi connectivity index (χ1) is 10.6. The standard InChI is InChI=1S/C16H10ClNO3S/c17-9-5-6-11(16(20)21)13(7-9)18-15(19)12-8-22-14-4-2-1-3-10(12)14/h1-8H,(H,18,19)(H,20,21). The monoisotopic (exact) mass is 331 g/mol. The summed E-state index contributed by atoms with van der Waals surface area (Å²) in [5.41, 5.74) is 0.689. The Kier molecular flexibility index (Phi) is 3.83. The van der Waals surface area contributed by atoms with Crippen LogP contribution in [0.5, 0.6) is 0 Å². The normalized spacial score (nSPS) is 10.6. The molecule has 0 aliphatic heterocycles. The van der Waals surface area contributed by atoms with Crippen LogP contribution in [0.3, 0.4) is 0 Å². The summed E-state index contributed by atoms with van der Waals surface area (Å²) in [5.74, 6) is -1.48. The maximum Gasteiger partial charge on any atom is 0.337 e. The number of amides is 1. The van der Waals surface area contributed by atoms with Gasteiger partial charge in [-0.2, -0.15) is 0 Å². The van der Waals surface area contributed by atoms with Crippen LogP contribution in [0.15, 0.2) is 47.8 Å². The van der Waals surface area contributed by atoms with Gasteiger partial charge in [0.2, 0.25) is 0 Å². The van der Waals surface area contributed by atoms with Crippen molar-refractivity contribution in [3.63, 3.8) is 0 Å². The first kappa shape index (κ1) is 14.6. The fourth-order valence-corrected chi connectivity index (χ4v) is 3.26. The Morgan fingerprint density at radius 2 is 1.86 bits per heavy atom. The number of carbonyl (C=O) groups is 2. The van der Waals surface area contributed by atoms with Crippen LogP contribution in [0.1, 0.15) is 20.7 Å². The number of carboxylic acids is 1. The van der Waals surface area contributed by atoms with Crippen molar-refractivity contribution in [3.05, 3.63) is 64.0 Å². The van der Waals surface area contributed by atoms with E-state index in [9.17, 15) is 14.7 Å². The van der Waals surface area contributed by atoms with Gasteiger partial charge in [0.15, 0.2) is 0 Å². The lowest BCUT2D eigenvalue weighted by Gasteiger charge is -2.08. The number of nitrogens with one attached hydrogen (secondary N) is 1. The van der Waals surface area contributed by atoms with E-state index in [2.05, 4.69) is 5.32 Å². The first-order valence-corrected chi connectivity index (χ1v) is 7.62. The summed E-state index contributed by atoms with van der Waals surface area (Å²) in [6, 6.07) is 11.8. The summed E-state index contributed by atoms with van der Waals surface area (Å²) >= 11 is 7.35. The highest BCUT2D eigenvalue weighted by molar-refractivity contribution is 7.17. The van der Waals surface area contributed by atoms with Crippen LogP contribution in [0.2, 0.25) is 5.02 Å². The number of hydrogen-bond donors (Lipinski definition) is 2. The fraction of sp³-hybridized carbons (Fsp3) is 0. The average Bonchev–Trinajstić information content (AvgIpc) is 2.91. The Labute approximate surface area is 135 Å². The third kappa shape index (κ3) is 2.68. The summed E-state index contributed by atoms with van der Waals surface area (Å²) in [6.45, 7) is 0. The molecular formula is C16H10ClNO3S. The molecule has 1 aromatic heterocycles. The number of benzene rings is 2. The van der Waals surface area contributed by atoms with E-state index in [1.54, 1.807) is 5.38 Å². The second-order valence-electron chi connectivity index (χ2n) is 4.59. The minimum Gasteiger partial charge on any atom is -0.478 e. The first-order valence-electron chi connectivity index (χ1n) is 6.36. The molecule has 6 heteroatoms. The van der Waals surface area contributed by atoms with Crippen LogP contribution in [-0.4, -0.2) is 17.0 Å². The topological polar surface area (TPSA) is 66.4 Å². The molecule has 0 bridgehead atoms. The van der Waals surface area contributed by atoms with E-state index >= 15 is 0 Å². The Morgan fingerprint density at radius 3 is 2.64 bits per heavy atom. The van der Waals surface area contributed by atoms with Gasteiger partial charge in [-0.15, -0.1) is 11.3 Å². The van der Waals surface area contributed by atoms with E-state index in [0.29, 0.717) is 10.6 Å². The molecule has 0 atom stereocenters. The van der Waals surface area contributed by atoms with Gasteiger partial charge < -0.3 is 10.4 Å². The molecule has 0 radical (unpaired) electrons. The van der Waals surface area contributed by atoms with E-state index in [0.717, 1.165) is 10.1 Å². The van der Waals surface area contributed by atoms with Crippen LogP contribution in [0, 0.1) is 0 Å². The molecule has 110 valence electrons. The fourth-order valence-electron chi connectivity index (χ4n) is 2.15. The van der Waals surface area contributed by atoms with Gasteiger partial charge in [-0.05, 0) is 24.3 Å². The summed E-state index contributed by atoms with van der Waals surface area (Å²) in [5, 5.41) is 14.8. The van der Waals surface area contributed by atoms with Crippen molar-refractivity contribution in [3.8, 4) is 0 Å². The second-order valence-corrected chi connectivity index (χ2v) is 5.94. The molecule has 0 aliphatic rings. The van der Waals surface area contributed by atoms with Crippen LogP contribution < -0.4 is 5.32 Å². The number of aromatic carboxylic acids is 1. The highest BCUT2D eigenvalue weighted by Crippen LogP contribution is 2.27. The smallest absolute Gasteiger partial charge is 0.337 e. The zero-order chi connectivity index (χ0) is 15.7. The average molecular weight is 332 g/mol. The number of carbonyl (C=O) groups excluding carboxylic acids is 1.